The number of fused-ring (bicyclic) bond motifs is 1. The molecule has 1 N–H and O–H groups in total. The lowest BCUT2D eigenvalue weighted by molar-refractivity contribution is 0.912. The largest absolute Gasteiger partial charge is 0.346 e. The maximum Gasteiger partial charge on any atom is 0.244 e. The molecule has 0 aliphatic carbocycles. The Kier molecular flexibility index (Phi) is 6.37. The minimum absolute atomic E-state index is 0.558. The first-order chi connectivity index (χ1) is 12.6. The average molecular weight is 352 g/mol. The summed E-state index contributed by atoms with van der Waals surface area (Å²) in [7, 11) is 3.73. The molecule has 0 bridgehead atoms. The molecule has 0 saturated heterocycles. The van der Waals surface area contributed by atoms with E-state index in [1.165, 1.54) is 6.42 Å². The van der Waals surface area contributed by atoms with Gasteiger partial charge in [0.2, 0.25) is 5.95 Å². The molecule has 3 aromatic rings. The van der Waals surface area contributed by atoms with Crippen LogP contribution in [-0.4, -0.2) is 46.2 Å². The van der Waals surface area contributed by atoms with E-state index in [1.807, 2.05) is 26.2 Å². The van der Waals surface area contributed by atoms with Crippen molar-refractivity contribution in [2.45, 2.75) is 20.3 Å². The van der Waals surface area contributed by atoms with Gasteiger partial charge < -0.3 is 4.90 Å². The Balaban J connectivity index is 0.000000758. The fourth-order valence-corrected chi connectivity index (χ4v) is 2.26. The molecular weight excluding hydrogens is 328 g/mol. The molecule has 0 amide bonds. The van der Waals surface area contributed by atoms with Gasteiger partial charge in [-0.1, -0.05) is 26.8 Å². The summed E-state index contributed by atoms with van der Waals surface area (Å²) < 4.78 is 0. The highest BCUT2D eigenvalue weighted by Gasteiger charge is 2.14. The maximum absolute atomic E-state index is 4.30. The van der Waals surface area contributed by atoms with Crippen LogP contribution < -0.4 is 9.91 Å². The van der Waals surface area contributed by atoms with Gasteiger partial charge in [-0.05, 0) is 12.1 Å². The number of hydrazone groups is 1. The highest BCUT2D eigenvalue weighted by molar-refractivity contribution is 6.00. The molecule has 2 heterocycles. The molecule has 0 saturated carbocycles. The van der Waals surface area contributed by atoms with E-state index in [1.54, 1.807) is 28.5 Å². The molecule has 0 spiro atoms. The number of H-pyrrole nitrogens is 1. The van der Waals surface area contributed by atoms with Gasteiger partial charge in [-0.3, -0.25) is 5.10 Å². The van der Waals surface area contributed by atoms with E-state index in [2.05, 4.69) is 57.6 Å². The number of aromatic amines is 1. The summed E-state index contributed by atoms with van der Waals surface area (Å²) >= 11 is 0. The summed E-state index contributed by atoms with van der Waals surface area (Å²) in [4.78, 5) is 6.10. The number of nitrogens with zero attached hydrogens (tertiary/aromatic N) is 7. The molecule has 0 radical (unpaired) electrons. The van der Waals surface area contributed by atoms with Crippen LogP contribution in [0.25, 0.3) is 22.2 Å². The van der Waals surface area contributed by atoms with Crippen LogP contribution in [0.2, 0.25) is 0 Å². The van der Waals surface area contributed by atoms with E-state index in [-0.39, 0.29) is 0 Å². The predicted octanol–water partition coefficient (Wildman–Crippen LogP) is 3.46. The number of anilines is 2. The molecule has 0 fully saturated rings. The SMILES string of the molecule is C=CN(N=C)c1ccc(-c2cnc(N(C)C)nn2)c2cn[nH]c12.CCC. The fourth-order valence-electron chi connectivity index (χ4n) is 2.26. The van der Waals surface area contributed by atoms with Crippen molar-refractivity contribution in [2.75, 3.05) is 24.0 Å². The molecule has 3 rings (SSSR count). The Hall–Kier alpha value is -3.29. The summed E-state index contributed by atoms with van der Waals surface area (Å²) in [6.45, 7) is 11.5. The van der Waals surface area contributed by atoms with Crippen LogP contribution in [0.15, 0.2) is 42.4 Å². The second-order valence-electron chi connectivity index (χ2n) is 5.70. The normalized spacial score (nSPS) is 10.0. The Morgan fingerprint density at radius 2 is 1.92 bits per heavy atom. The standard InChI is InChI=1S/C15H16N8.C3H8/c1-5-23(16-2)13-7-6-10(11-8-18-20-14(11)13)12-9-17-15(21-19-12)22(3)4;1-3-2/h5-9H,1-2H2,3-4H3,(H,18,20);3H2,1-2H3. The van der Waals surface area contributed by atoms with Crippen molar-refractivity contribution in [1.82, 2.24) is 25.4 Å². The second kappa shape index (κ2) is 8.70. The molecule has 0 unspecified atom stereocenters. The van der Waals surface area contributed by atoms with E-state index in [4.69, 9.17) is 0 Å². The summed E-state index contributed by atoms with van der Waals surface area (Å²) in [6.07, 6.45) is 6.26. The monoisotopic (exact) mass is 352 g/mol. The van der Waals surface area contributed by atoms with Crippen molar-refractivity contribution in [3.8, 4) is 11.3 Å². The number of aromatic nitrogens is 5. The van der Waals surface area contributed by atoms with Crippen LogP contribution in [0.3, 0.4) is 0 Å². The summed E-state index contributed by atoms with van der Waals surface area (Å²) in [5, 5.41) is 21.8. The van der Waals surface area contributed by atoms with Crippen LogP contribution in [0.1, 0.15) is 20.3 Å². The fraction of sp³-hybridized carbons (Fsp3) is 0.278. The van der Waals surface area contributed by atoms with Gasteiger partial charge in [0.05, 0.1) is 23.6 Å². The first-order valence-corrected chi connectivity index (χ1v) is 8.29. The molecule has 8 heteroatoms. The van der Waals surface area contributed by atoms with Crippen molar-refractivity contribution < 1.29 is 0 Å². The lowest BCUT2D eigenvalue weighted by Gasteiger charge is -2.15. The number of rotatable bonds is 5. The zero-order valence-electron chi connectivity index (χ0n) is 15.6. The highest BCUT2D eigenvalue weighted by Crippen LogP contribution is 2.32. The average Bonchev–Trinajstić information content (AvgIpc) is 3.13. The van der Waals surface area contributed by atoms with Crippen LogP contribution in [0.4, 0.5) is 11.6 Å². The minimum atomic E-state index is 0.558. The third kappa shape index (κ3) is 3.85. The maximum atomic E-state index is 4.30. The zero-order valence-corrected chi connectivity index (χ0v) is 15.6. The van der Waals surface area contributed by atoms with Crippen LogP contribution in [0, 0.1) is 0 Å². The Bertz CT molecular complexity index is 859. The van der Waals surface area contributed by atoms with E-state index in [0.717, 1.165) is 22.2 Å². The van der Waals surface area contributed by atoms with E-state index >= 15 is 0 Å². The number of nitrogens with one attached hydrogen (secondary N) is 1. The lowest BCUT2D eigenvalue weighted by atomic mass is 10.1. The highest BCUT2D eigenvalue weighted by atomic mass is 15.4. The zero-order chi connectivity index (χ0) is 19.1. The van der Waals surface area contributed by atoms with Crippen molar-refractivity contribution in [3.05, 3.63) is 37.3 Å². The summed E-state index contributed by atoms with van der Waals surface area (Å²) in [5.74, 6) is 0.558. The number of hydrogen-bond acceptors (Lipinski definition) is 7. The van der Waals surface area contributed by atoms with Crippen molar-refractivity contribution in [1.29, 1.82) is 0 Å². The van der Waals surface area contributed by atoms with Gasteiger partial charge >= 0.3 is 0 Å². The van der Waals surface area contributed by atoms with Gasteiger partial charge in [-0.2, -0.15) is 10.2 Å². The van der Waals surface area contributed by atoms with Gasteiger partial charge in [-0.15, -0.1) is 10.2 Å². The third-order valence-corrected chi connectivity index (χ3v) is 3.39. The number of hydrogen-bond donors (Lipinski definition) is 1. The van der Waals surface area contributed by atoms with Crippen LogP contribution in [-0.2, 0) is 0 Å². The molecule has 26 heavy (non-hydrogen) atoms. The Morgan fingerprint density at radius 1 is 1.19 bits per heavy atom. The first kappa shape index (κ1) is 19.0. The van der Waals surface area contributed by atoms with Gasteiger partial charge in [0.1, 0.15) is 5.69 Å². The topological polar surface area (TPSA) is 86.2 Å². The van der Waals surface area contributed by atoms with Crippen LogP contribution in [0.5, 0.6) is 0 Å². The Morgan fingerprint density at radius 3 is 2.46 bits per heavy atom. The lowest BCUT2D eigenvalue weighted by Crippen LogP contribution is -2.13. The van der Waals surface area contributed by atoms with E-state index in [9.17, 15) is 0 Å². The van der Waals surface area contributed by atoms with Crippen molar-refractivity contribution in [2.24, 2.45) is 5.10 Å². The van der Waals surface area contributed by atoms with Gasteiger partial charge in [-0.25, -0.2) is 9.99 Å². The smallest absolute Gasteiger partial charge is 0.244 e. The molecule has 0 atom stereocenters. The summed E-state index contributed by atoms with van der Waals surface area (Å²) in [6, 6.07) is 3.82. The molecule has 0 aliphatic heterocycles. The summed E-state index contributed by atoms with van der Waals surface area (Å²) in [5.41, 5.74) is 3.17. The second-order valence-corrected chi connectivity index (χ2v) is 5.70. The predicted molar refractivity (Wildman–Crippen MR) is 107 cm³/mol. The molecular formula is C18H24N8. The van der Waals surface area contributed by atoms with Gasteiger partial charge in [0, 0.05) is 38.0 Å². The molecule has 136 valence electrons. The van der Waals surface area contributed by atoms with Gasteiger partial charge in [0.25, 0.3) is 0 Å². The molecule has 1 aromatic carbocycles. The van der Waals surface area contributed by atoms with Gasteiger partial charge in [0.15, 0.2) is 0 Å². The van der Waals surface area contributed by atoms with Crippen LogP contribution >= 0.6 is 0 Å². The van der Waals surface area contributed by atoms with Crippen molar-refractivity contribution in [3.63, 3.8) is 0 Å². The molecule has 0 aliphatic rings. The first-order valence-electron chi connectivity index (χ1n) is 8.29. The minimum Gasteiger partial charge on any atom is -0.346 e. The third-order valence-electron chi connectivity index (χ3n) is 3.39. The quantitative estimate of drug-likeness (QED) is 0.559. The Labute approximate surface area is 153 Å². The number of benzene rings is 1. The van der Waals surface area contributed by atoms with Crippen molar-refractivity contribution >= 4 is 29.3 Å². The van der Waals surface area contributed by atoms with E-state index < -0.39 is 0 Å². The molecule has 8 nitrogen and oxygen atoms in total. The molecule has 2 aromatic heterocycles. The van der Waals surface area contributed by atoms with E-state index in [0.29, 0.717) is 11.6 Å².